The summed E-state index contributed by atoms with van der Waals surface area (Å²) < 4.78 is 10.3. The van der Waals surface area contributed by atoms with E-state index in [9.17, 15) is 33.9 Å². The van der Waals surface area contributed by atoms with E-state index in [4.69, 9.17) is 9.47 Å². The van der Waals surface area contributed by atoms with E-state index in [0.29, 0.717) is 5.69 Å². The second-order valence-electron chi connectivity index (χ2n) is 8.92. The van der Waals surface area contributed by atoms with Gasteiger partial charge in [-0.2, -0.15) is 0 Å². The van der Waals surface area contributed by atoms with Gasteiger partial charge < -0.3 is 19.9 Å². The first-order valence-corrected chi connectivity index (χ1v) is 12.2. The molecule has 0 aliphatic carbocycles. The van der Waals surface area contributed by atoms with E-state index in [-0.39, 0.29) is 22.6 Å². The highest BCUT2D eigenvalue weighted by molar-refractivity contribution is 5.99. The summed E-state index contributed by atoms with van der Waals surface area (Å²) >= 11 is 0. The monoisotopic (exact) mass is 561 g/mol. The number of carboxylic acids is 1. The molecule has 41 heavy (non-hydrogen) atoms. The average molecular weight is 562 g/mol. The van der Waals surface area contributed by atoms with E-state index in [1.54, 1.807) is 38.1 Å². The van der Waals surface area contributed by atoms with Crippen LogP contribution in [0.5, 0.6) is 0 Å². The van der Waals surface area contributed by atoms with Crippen molar-refractivity contribution in [2.75, 3.05) is 5.32 Å². The summed E-state index contributed by atoms with van der Waals surface area (Å²) in [6.07, 6.45) is -4.47. The van der Waals surface area contributed by atoms with Crippen LogP contribution in [0.2, 0.25) is 0 Å². The molecule has 2 atom stereocenters. The Balaban J connectivity index is 1.81. The van der Waals surface area contributed by atoms with Crippen molar-refractivity contribution in [1.82, 2.24) is 10.9 Å². The molecule has 4 N–H and O–H groups in total. The molecule has 0 bridgehead atoms. The Morgan fingerprint density at radius 3 is 1.51 bits per heavy atom. The highest BCUT2D eigenvalue weighted by atomic mass is 16.6. The first kappa shape index (κ1) is 30.0. The largest absolute Gasteiger partial charge is 0.478 e. The molecule has 3 aromatic rings. The summed E-state index contributed by atoms with van der Waals surface area (Å²) in [6, 6.07) is 17.7. The van der Waals surface area contributed by atoms with Gasteiger partial charge in [0, 0.05) is 18.2 Å². The number of anilines is 1. The van der Waals surface area contributed by atoms with Crippen LogP contribution in [0, 0.1) is 13.8 Å². The van der Waals surface area contributed by atoms with Crippen LogP contribution in [0.25, 0.3) is 0 Å². The highest BCUT2D eigenvalue weighted by Crippen LogP contribution is 2.15. The van der Waals surface area contributed by atoms with E-state index in [2.05, 4.69) is 10.7 Å². The molecular weight excluding hydrogens is 534 g/mol. The van der Waals surface area contributed by atoms with Gasteiger partial charge in [0.15, 0.2) is 0 Å². The number of amides is 3. The smallest absolute Gasteiger partial charge is 0.349 e. The predicted octanol–water partition coefficient (Wildman–Crippen LogP) is 2.56. The minimum absolute atomic E-state index is 0.00174. The topological polar surface area (TPSA) is 177 Å². The highest BCUT2D eigenvalue weighted by Gasteiger charge is 2.41. The molecule has 0 aliphatic heterocycles. The Labute approximate surface area is 234 Å². The van der Waals surface area contributed by atoms with E-state index < -0.39 is 41.9 Å². The van der Waals surface area contributed by atoms with E-state index in [1.165, 1.54) is 55.5 Å². The third-order valence-electron chi connectivity index (χ3n) is 5.59. The number of carboxylic acid groups (broad SMARTS) is 1. The van der Waals surface area contributed by atoms with Gasteiger partial charge in [0.1, 0.15) is 0 Å². The number of carbonyl (C=O) groups is 6. The fourth-order valence-corrected chi connectivity index (χ4v) is 3.41. The maximum absolute atomic E-state index is 13.1. The number of nitrogens with one attached hydrogen (secondary N) is 3. The van der Waals surface area contributed by atoms with E-state index >= 15 is 0 Å². The quantitative estimate of drug-likeness (QED) is 0.226. The first-order chi connectivity index (χ1) is 19.4. The maximum atomic E-state index is 13.1. The van der Waals surface area contributed by atoms with Gasteiger partial charge >= 0.3 is 17.9 Å². The van der Waals surface area contributed by atoms with Crippen molar-refractivity contribution < 1.29 is 43.3 Å². The fraction of sp³-hybridized carbons (Fsp3) is 0.172. The number of aryl methyl sites for hydroxylation is 2. The maximum Gasteiger partial charge on any atom is 0.349 e. The molecule has 0 unspecified atom stereocenters. The molecule has 0 radical (unpaired) electrons. The first-order valence-electron chi connectivity index (χ1n) is 12.2. The second-order valence-corrected chi connectivity index (χ2v) is 8.92. The lowest BCUT2D eigenvalue weighted by Gasteiger charge is -2.23. The predicted molar refractivity (Wildman–Crippen MR) is 145 cm³/mol. The molecule has 0 heterocycles. The standard InChI is InChI=1S/C29H27N3O9/c1-16-4-8-20(9-5-16)28(38)40-23(24(27(36)37)41-29(39)21-10-6-17(2)7-11-21)26(35)32-31-25(34)19-12-14-22(15-13-19)30-18(3)33/h4-15,23-24H,1-3H3,(H,30,33)(H,31,34)(H,32,35)(H,36,37)/t23-,24+/m0/s1. The Kier molecular flexibility index (Phi) is 9.90. The van der Waals surface area contributed by atoms with Crippen LogP contribution < -0.4 is 16.2 Å². The Morgan fingerprint density at radius 1 is 0.634 bits per heavy atom. The molecule has 0 aliphatic rings. The number of benzene rings is 3. The number of hydrogen-bond donors (Lipinski definition) is 4. The van der Waals surface area contributed by atoms with Crippen molar-refractivity contribution in [3.05, 3.63) is 101 Å². The molecule has 3 amide bonds. The van der Waals surface area contributed by atoms with Gasteiger partial charge in [0.05, 0.1) is 11.1 Å². The lowest BCUT2D eigenvalue weighted by atomic mass is 10.1. The van der Waals surface area contributed by atoms with Crippen LogP contribution in [0.3, 0.4) is 0 Å². The number of esters is 2. The Morgan fingerprint density at radius 2 is 1.07 bits per heavy atom. The van der Waals surface area contributed by atoms with Crippen LogP contribution in [-0.4, -0.2) is 52.9 Å². The zero-order valence-electron chi connectivity index (χ0n) is 22.3. The lowest BCUT2D eigenvalue weighted by Crippen LogP contribution is -2.54. The normalized spacial score (nSPS) is 11.8. The van der Waals surface area contributed by atoms with Crippen molar-refractivity contribution in [2.24, 2.45) is 0 Å². The van der Waals surface area contributed by atoms with Crippen molar-refractivity contribution in [2.45, 2.75) is 33.0 Å². The van der Waals surface area contributed by atoms with Crippen LogP contribution >= 0.6 is 0 Å². The summed E-state index contributed by atoms with van der Waals surface area (Å²) in [4.78, 5) is 74.4. The Bertz CT molecular complexity index is 1450. The van der Waals surface area contributed by atoms with Crippen LogP contribution in [0.1, 0.15) is 49.1 Å². The minimum Gasteiger partial charge on any atom is -0.478 e. The number of aliphatic carboxylic acids is 1. The second kappa shape index (κ2) is 13.5. The molecule has 12 nitrogen and oxygen atoms in total. The number of rotatable bonds is 9. The summed E-state index contributed by atoms with van der Waals surface area (Å²) in [6.45, 7) is 4.89. The number of ether oxygens (including phenoxy) is 2. The van der Waals surface area contributed by atoms with Crippen LogP contribution in [0.4, 0.5) is 5.69 Å². The fourth-order valence-electron chi connectivity index (χ4n) is 3.41. The molecule has 12 heteroatoms. The molecule has 0 saturated carbocycles. The van der Waals surface area contributed by atoms with E-state index in [1.807, 2.05) is 5.43 Å². The van der Waals surface area contributed by atoms with Gasteiger partial charge in [-0.25, -0.2) is 14.4 Å². The molecule has 3 rings (SSSR count). The van der Waals surface area contributed by atoms with Crippen molar-refractivity contribution in [3.63, 3.8) is 0 Å². The van der Waals surface area contributed by atoms with Crippen molar-refractivity contribution >= 4 is 41.3 Å². The molecule has 0 spiro atoms. The van der Waals surface area contributed by atoms with Gasteiger partial charge in [0.25, 0.3) is 11.8 Å². The summed E-state index contributed by atoms with van der Waals surface area (Å²) in [7, 11) is 0. The SMILES string of the molecule is CC(=O)Nc1ccc(C(=O)NNC(=O)[C@@H](OC(=O)c2ccc(C)cc2)[C@@H](OC(=O)c2ccc(C)cc2)C(=O)O)cc1. The van der Waals surface area contributed by atoms with Crippen molar-refractivity contribution in [3.8, 4) is 0 Å². The minimum atomic E-state index is -2.27. The number of hydrazine groups is 1. The molecule has 3 aromatic carbocycles. The third-order valence-corrected chi connectivity index (χ3v) is 5.59. The van der Waals surface area contributed by atoms with Crippen molar-refractivity contribution in [1.29, 1.82) is 0 Å². The van der Waals surface area contributed by atoms with Crippen LogP contribution in [0.15, 0.2) is 72.8 Å². The zero-order valence-corrected chi connectivity index (χ0v) is 22.3. The molecule has 0 fully saturated rings. The summed E-state index contributed by atoms with van der Waals surface area (Å²) in [5, 5.41) is 12.4. The van der Waals surface area contributed by atoms with Crippen LogP contribution in [-0.2, 0) is 23.9 Å². The van der Waals surface area contributed by atoms with Gasteiger partial charge in [-0.05, 0) is 62.4 Å². The third kappa shape index (κ3) is 8.48. The summed E-state index contributed by atoms with van der Waals surface area (Å²) in [5.74, 6) is -6.32. The Hall–Kier alpha value is -5.52. The van der Waals surface area contributed by atoms with Gasteiger partial charge in [-0.1, -0.05) is 35.4 Å². The number of hydrogen-bond acceptors (Lipinski definition) is 8. The molecule has 0 aromatic heterocycles. The summed E-state index contributed by atoms with van der Waals surface area (Å²) in [5.41, 5.74) is 6.29. The number of carbonyl (C=O) groups excluding carboxylic acids is 5. The van der Waals surface area contributed by atoms with Gasteiger partial charge in [-0.15, -0.1) is 0 Å². The van der Waals surface area contributed by atoms with Gasteiger partial charge in [0.2, 0.25) is 18.1 Å². The lowest BCUT2D eigenvalue weighted by molar-refractivity contribution is -0.159. The molecular formula is C29H27N3O9. The zero-order chi connectivity index (χ0) is 30.1. The average Bonchev–Trinajstić information content (AvgIpc) is 2.93. The van der Waals surface area contributed by atoms with E-state index in [0.717, 1.165) is 11.1 Å². The molecule has 0 saturated heterocycles. The molecule has 212 valence electrons. The van der Waals surface area contributed by atoms with Gasteiger partial charge in [-0.3, -0.25) is 25.2 Å².